The fourth-order valence-electron chi connectivity index (χ4n) is 1.26. The summed E-state index contributed by atoms with van der Waals surface area (Å²) in [4.78, 5) is 5.02. The van der Waals surface area contributed by atoms with Crippen molar-refractivity contribution >= 4 is 41.1 Å². The molecule has 0 N–H and O–H groups in total. The van der Waals surface area contributed by atoms with Crippen molar-refractivity contribution in [1.82, 2.24) is 4.98 Å². The highest BCUT2D eigenvalue weighted by atomic mass is 32.1. The lowest BCUT2D eigenvalue weighted by molar-refractivity contribution is 1.37. The summed E-state index contributed by atoms with van der Waals surface area (Å²) in [7, 11) is 0. The van der Waals surface area contributed by atoms with Gasteiger partial charge in [0.25, 0.3) is 0 Å². The van der Waals surface area contributed by atoms with Crippen LogP contribution in [0.2, 0.25) is 0 Å². The molecule has 1 nitrogen and oxygen atoms in total. The zero-order valence-electron chi connectivity index (χ0n) is 7.31. The van der Waals surface area contributed by atoms with E-state index in [4.69, 9.17) is 25.3 Å². The van der Waals surface area contributed by atoms with Crippen LogP contribution in [0.15, 0.2) is 41.8 Å². The monoisotopic (exact) mass is 217 g/mol. The second-order valence-electron chi connectivity index (χ2n) is 2.87. The number of nitrogens with zero attached hydrogens (tertiary/aromatic N) is 1. The van der Waals surface area contributed by atoms with Crippen LogP contribution in [0.5, 0.6) is 0 Å². The van der Waals surface area contributed by atoms with Gasteiger partial charge in [0, 0.05) is 11.1 Å². The van der Waals surface area contributed by atoms with Crippen LogP contribution in [0.25, 0.3) is 15.8 Å². The molecule has 0 spiro atoms. The van der Waals surface area contributed by atoms with Gasteiger partial charge in [0.15, 0.2) is 0 Å². The van der Waals surface area contributed by atoms with Gasteiger partial charge >= 0.3 is 0 Å². The van der Waals surface area contributed by atoms with E-state index in [1.54, 1.807) is 0 Å². The number of hydrogen-bond donors (Lipinski definition) is 0. The Balaban J connectivity index is 2.62. The molecule has 0 unspecified atom stereocenters. The molecule has 2 rings (SSSR count). The molecule has 1 aromatic heterocycles. The Kier molecular flexibility index (Phi) is 2.61. The van der Waals surface area contributed by atoms with Crippen molar-refractivity contribution in [3.63, 3.8) is 0 Å². The highest BCUT2D eigenvalue weighted by Gasteiger charge is 1.93. The van der Waals surface area contributed by atoms with Crippen LogP contribution >= 0.6 is 0 Å². The summed E-state index contributed by atoms with van der Waals surface area (Å²) < 4.78 is 0. The Morgan fingerprint density at radius 3 is 2.71 bits per heavy atom. The van der Waals surface area contributed by atoms with E-state index in [0.717, 1.165) is 16.6 Å². The first-order valence-electron chi connectivity index (χ1n) is 4.16. The van der Waals surface area contributed by atoms with Gasteiger partial charge in [-0.1, -0.05) is 24.3 Å². The number of benzene rings is 1. The molecule has 0 aliphatic carbocycles. The van der Waals surface area contributed by atoms with Crippen LogP contribution in [0.3, 0.4) is 0 Å². The summed E-state index contributed by atoms with van der Waals surface area (Å²) in [5.41, 5.74) is 1.72. The van der Waals surface area contributed by atoms with E-state index in [0.29, 0.717) is 4.91 Å². The number of fused-ring (bicyclic) bond motifs is 1. The molecule has 0 radical (unpaired) electrons. The topological polar surface area (TPSA) is 12.9 Å². The Hall–Kier alpha value is -1.19. The van der Waals surface area contributed by atoms with Gasteiger partial charge in [0.05, 0.1) is 5.52 Å². The fraction of sp³-hybridized carbons (Fsp3) is 0. The van der Waals surface area contributed by atoms with Crippen molar-refractivity contribution < 1.29 is 0 Å². The summed E-state index contributed by atoms with van der Waals surface area (Å²) in [6, 6.07) is 11.8. The Bertz CT molecular complexity index is 491. The SMILES string of the molecule is [S-]/C=C(\[S-])c1ccc2ccccc2n1. The third-order valence-electron chi connectivity index (χ3n) is 1.96. The van der Waals surface area contributed by atoms with Crippen molar-refractivity contribution in [3.05, 3.63) is 47.5 Å². The van der Waals surface area contributed by atoms with Crippen molar-refractivity contribution in [2.45, 2.75) is 0 Å². The van der Waals surface area contributed by atoms with Crippen LogP contribution in [0.4, 0.5) is 0 Å². The van der Waals surface area contributed by atoms with Crippen LogP contribution in [-0.4, -0.2) is 4.98 Å². The highest BCUT2D eigenvalue weighted by molar-refractivity contribution is 7.72. The quantitative estimate of drug-likeness (QED) is 0.682. The maximum atomic E-state index is 5.06. The molecule has 0 atom stereocenters. The van der Waals surface area contributed by atoms with E-state index < -0.39 is 0 Å². The van der Waals surface area contributed by atoms with Gasteiger partial charge in [0.1, 0.15) is 0 Å². The fourth-order valence-corrected chi connectivity index (χ4v) is 1.50. The number of para-hydroxylation sites is 1. The van der Waals surface area contributed by atoms with E-state index in [1.165, 1.54) is 5.41 Å². The standard InChI is InChI=1S/C11H9NS2/c13-7-11(14)10-6-5-8-3-1-2-4-9(8)12-10/h1-7,13-14H/p-2/b11-7-. The first-order valence-corrected chi connectivity index (χ1v) is 5.04. The predicted octanol–water partition coefficient (Wildman–Crippen LogP) is 2.63. The molecule has 0 amide bonds. The molecule has 14 heavy (non-hydrogen) atoms. The molecule has 2 aromatic rings. The minimum absolute atomic E-state index is 0.616. The molecule has 0 fully saturated rings. The maximum Gasteiger partial charge on any atom is 0.0708 e. The molecule has 0 saturated carbocycles. The van der Waals surface area contributed by atoms with Crippen molar-refractivity contribution in [2.24, 2.45) is 0 Å². The molecule has 0 aliphatic rings. The summed E-state index contributed by atoms with van der Waals surface area (Å²) in [6.07, 6.45) is 0. The van der Waals surface area contributed by atoms with E-state index in [2.05, 4.69) is 4.98 Å². The van der Waals surface area contributed by atoms with E-state index in [-0.39, 0.29) is 0 Å². The third-order valence-corrected chi connectivity index (χ3v) is 2.67. The van der Waals surface area contributed by atoms with Crippen molar-refractivity contribution in [2.75, 3.05) is 0 Å². The first-order chi connectivity index (χ1) is 6.81. The average Bonchev–Trinajstić information content (AvgIpc) is 2.27. The van der Waals surface area contributed by atoms with Gasteiger partial charge < -0.3 is 25.3 Å². The van der Waals surface area contributed by atoms with Crippen LogP contribution in [0.1, 0.15) is 5.69 Å². The van der Waals surface area contributed by atoms with Gasteiger partial charge in [-0.2, -0.15) is 4.91 Å². The Labute approximate surface area is 93.7 Å². The summed E-state index contributed by atoms with van der Waals surface area (Å²) in [6.45, 7) is 0. The van der Waals surface area contributed by atoms with Gasteiger partial charge in [0.2, 0.25) is 0 Å². The third kappa shape index (κ3) is 1.69. The summed E-state index contributed by atoms with van der Waals surface area (Å²) in [5.74, 6) is 0. The predicted molar refractivity (Wildman–Crippen MR) is 64.5 cm³/mol. The maximum absolute atomic E-state index is 5.06. The number of rotatable bonds is 1. The van der Waals surface area contributed by atoms with Gasteiger partial charge in [-0.25, -0.2) is 5.41 Å². The minimum Gasteiger partial charge on any atom is -0.789 e. The lowest BCUT2D eigenvalue weighted by Crippen LogP contribution is -1.87. The molecule has 0 bridgehead atoms. The van der Waals surface area contributed by atoms with Gasteiger partial charge in [-0.05, 0) is 12.1 Å². The molecule has 1 aromatic carbocycles. The number of aromatic nitrogens is 1. The molecule has 3 heteroatoms. The highest BCUT2D eigenvalue weighted by Crippen LogP contribution is 2.15. The second kappa shape index (κ2) is 3.90. The van der Waals surface area contributed by atoms with Crippen molar-refractivity contribution in [1.29, 1.82) is 0 Å². The van der Waals surface area contributed by atoms with E-state index in [9.17, 15) is 0 Å². The lowest BCUT2D eigenvalue weighted by atomic mass is 10.2. The lowest BCUT2D eigenvalue weighted by Gasteiger charge is -2.14. The molecule has 0 aliphatic heterocycles. The Morgan fingerprint density at radius 1 is 1.14 bits per heavy atom. The zero-order valence-corrected chi connectivity index (χ0v) is 8.94. The van der Waals surface area contributed by atoms with E-state index in [1.807, 2.05) is 36.4 Å². The molecule has 1 heterocycles. The Morgan fingerprint density at radius 2 is 1.93 bits per heavy atom. The van der Waals surface area contributed by atoms with Crippen LogP contribution in [0, 0.1) is 0 Å². The largest absolute Gasteiger partial charge is 0.789 e. The second-order valence-corrected chi connectivity index (χ2v) is 3.55. The summed E-state index contributed by atoms with van der Waals surface area (Å²) in [5, 5.41) is 2.59. The van der Waals surface area contributed by atoms with Gasteiger partial charge in [-0.3, -0.25) is 4.98 Å². The average molecular weight is 217 g/mol. The summed E-state index contributed by atoms with van der Waals surface area (Å²) >= 11 is 9.84. The normalized spacial score (nSPS) is 11.9. The smallest absolute Gasteiger partial charge is 0.0708 e. The molecular formula is C11H7NS2-2. The number of pyridine rings is 1. The molecular weight excluding hydrogens is 210 g/mol. The van der Waals surface area contributed by atoms with Crippen LogP contribution < -0.4 is 0 Å². The van der Waals surface area contributed by atoms with Gasteiger partial charge in [-0.15, -0.1) is 0 Å². The van der Waals surface area contributed by atoms with E-state index >= 15 is 0 Å². The zero-order chi connectivity index (χ0) is 9.97. The number of hydrogen-bond acceptors (Lipinski definition) is 3. The van der Waals surface area contributed by atoms with Crippen LogP contribution in [-0.2, 0) is 25.3 Å². The first kappa shape index (κ1) is 9.37. The minimum atomic E-state index is 0.616. The molecule has 70 valence electrons. The van der Waals surface area contributed by atoms with Crippen molar-refractivity contribution in [3.8, 4) is 0 Å². The molecule has 0 saturated heterocycles.